The van der Waals surface area contributed by atoms with Crippen LogP contribution in [0, 0.1) is 13.8 Å². The number of halogens is 3. The summed E-state index contributed by atoms with van der Waals surface area (Å²) in [7, 11) is 0. The number of anilines is 1. The molecule has 33 heavy (non-hydrogen) atoms. The average Bonchev–Trinajstić information content (AvgIpc) is 3.22. The molecule has 4 rings (SSSR count). The van der Waals surface area contributed by atoms with Gasteiger partial charge in [0.05, 0.1) is 11.3 Å². The van der Waals surface area contributed by atoms with Gasteiger partial charge in [0, 0.05) is 5.56 Å². The van der Waals surface area contributed by atoms with Crippen LogP contribution in [-0.4, -0.2) is 16.9 Å². The first-order valence-corrected chi connectivity index (χ1v) is 10.2. The maximum Gasteiger partial charge on any atom is 0.416 e. The SMILES string of the molecule is Cc1ccc(C)c(N2C(=O)/C(=C/c3ccc(-c4cccc(C(F)(F)F)c4)o3)C(=O)NC2=S)c1. The van der Waals surface area contributed by atoms with Crippen molar-refractivity contribution in [3.63, 3.8) is 0 Å². The molecule has 1 aliphatic heterocycles. The minimum Gasteiger partial charge on any atom is -0.457 e. The van der Waals surface area contributed by atoms with Gasteiger partial charge in [0.15, 0.2) is 5.11 Å². The molecule has 0 aliphatic carbocycles. The normalized spacial score (nSPS) is 15.8. The Hall–Kier alpha value is -3.72. The number of nitrogens with zero attached hydrogens (tertiary/aromatic N) is 1. The van der Waals surface area contributed by atoms with Crippen LogP contribution >= 0.6 is 12.2 Å². The van der Waals surface area contributed by atoms with Gasteiger partial charge in [-0.05, 0) is 73.6 Å². The molecule has 1 saturated heterocycles. The van der Waals surface area contributed by atoms with Crippen LogP contribution in [-0.2, 0) is 15.8 Å². The van der Waals surface area contributed by atoms with Crippen molar-refractivity contribution in [2.24, 2.45) is 0 Å². The number of hydrogen-bond acceptors (Lipinski definition) is 4. The summed E-state index contributed by atoms with van der Waals surface area (Å²) >= 11 is 5.22. The number of nitrogens with one attached hydrogen (secondary N) is 1. The van der Waals surface area contributed by atoms with E-state index in [0.29, 0.717) is 5.69 Å². The second-order valence-electron chi connectivity index (χ2n) is 7.53. The van der Waals surface area contributed by atoms with E-state index >= 15 is 0 Å². The predicted molar refractivity (Wildman–Crippen MR) is 121 cm³/mol. The summed E-state index contributed by atoms with van der Waals surface area (Å²) in [6.45, 7) is 3.69. The largest absolute Gasteiger partial charge is 0.457 e. The molecule has 3 aromatic rings. The van der Waals surface area contributed by atoms with E-state index in [1.165, 1.54) is 35.2 Å². The van der Waals surface area contributed by atoms with Gasteiger partial charge in [-0.2, -0.15) is 13.2 Å². The Labute approximate surface area is 192 Å². The van der Waals surface area contributed by atoms with Crippen molar-refractivity contribution in [3.05, 3.63) is 82.6 Å². The van der Waals surface area contributed by atoms with Crippen molar-refractivity contribution < 1.29 is 27.2 Å². The van der Waals surface area contributed by atoms with Crippen molar-refractivity contribution >= 4 is 40.9 Å². The molecule has 1 N–H and O–H groups in total. The third-order valence-corrected chi connectivity index (χ3v) is 5.38. The molecule has 2 amide bonds. The van der Waals surface area contributed by atoms with Gasteiger partial charge in [0.1, 0.15) is 17.1 Å². The third kappa shape index (κ3) is 4.45. The number of alkyl halides is 3. The lowest BCUT2D eigenvalue weighted by Gasteiger charge is -2.30. The number of benzene rings is 2. The van der Waals surface area contributed by atoms with Crippen molar-refractivity contribution in [2.75, 3.05) is 4.90 Å². The highest BCUT2D eigenvalue weighted by Crippen LogP contribution is 2.33. The Morgan fingerprint density at radius 3 is 2.52 bits per heavy atom. The molecule has 1 fully saturated rings. The first-order valence-electron chi connectivity index (χ1n) is 9.81. The number of hydrogen-bond donors (Lipinski definition) is 1. The molecule has 168 valence electrons. The lowest BCUT2D eigenvalue weighted by molar-refractivity contribution is -0.137. The summed E-state index contributed by atoms with van der Waals surface area (Å²) in [4.78, 5) is 26.9. The monoisotopic (exact) mass is 470 g/mol. The zero-order valence-electron chi connectivity index (χ0n) is 17.5. The minimum absolute atomic E-state index is 0.0417. The highest BCUT2D eigenvalue weighted by molar-refractivity contribution is 7.80. The van der Waals surface area contributed by atoms with Gasteiger partial charge in [0.25, 0.3) is 11.8 Å². The highest BCUT2D eigenvalue weighted by Gasteiger charge is 2.35. The number of aryl methyl sites for hydroxylation is 2. The van der Waals surface area contributed by atoms with Gasteiger partial charge in [0.2, 0.25) is 0 Å². The molecule has 9 heteroatoms. The first kappa shape index (κ1) is 22.5. The van der Waals surface area contributed by atoms with Crippen LogP contribution in [0.15, 0.2) is 64.6 Å². The Balaban J connectivity index is 1.69. The van der Waals surface area contributed by atoms with Crippen molar-refractivity contribution in [2.45, 2.75) is 20.0 Å². The van der Waals surface area contributed by atoms with Crippen LogP contribution in [0.2, 0.25) is 0 Å². The number of carbonyl (C=O) groups excluding carboxylic acids is 2. The fourth-order valence-corrected chi connectivity index (χ4v) is 3.69. The van der Waals surface area contributed by atoms with Crippen molar-refractivity contribution in [3.8, 4) is 11.3 Å². The lowest BCUT2D eigenvalue weighted by Crippen LogP contribution is -2.54. The Morgan fingerprint density at radius 2 is 1.79 bits per heavy atom. The van der Waals surface area contributed by atoms with E-state index < -0.39 is 23.6 Å². The molecule has 0 saturated carbocycles. The topological polar surface area (TPSA) is 62.6 Å². The third-order valence-electron chi connectivity index (χ3n) is 5.10. The summed E-state index contributed by atoms with van der Waals surface area (Å²) in [6.07, 6.45) is -3.25. The highest BCUT2D eigenvalue weighted by atomic mass is 32.1. The van der Waals surface area contributed by atoms with E-state index in [4.69, 9.17) is 16.6 Å². The summed E-state index contributed by atoms with van der Waals surface area (Å²) in [5.74, 6) is -1.02. The van der Waals surface area contributed by atoms with Gasteiger partial charge >= 0.3 is 6.18 Å². The van der Waals surface area contributed by atoms with Crippen LogP contribution in [0.1, 0.15) is 22.5 Å². The summed E-state index contributed by atoms with van der Waals surface area (Å²) in [5, 5.41) is 2.46. The van der Waals surface area contributed by atoms with E-state index in [2.05, 4.69) is 5.32 Å². The van der Waals surface area contributed by atoms with Crippen LogP contribution < -0.4 is 10.2 Å². The smallest absolute Gasteiger partial charge is 0.416 e. The van der Waals surface area contributed by atoms with Gasteiger partial charge in [-0.1, -0.05) is 24.3 Å². The van der Waals surface area contributed by atoms with Crippen molar-refractivity contribution in [1.29, 1.82) is 0 Å². The first-order chi connectivity index (χ1) is 15.5. The van der Waals surface area contributed by atoms with E-state index in [1.807, 2.05) is 26.0 Å². The molecule has 0 bridgehead atoms. The molecule has 0 atom stereocenters. The second-order valence-corrected chi connectivity index (χ2v) is 7.92. The molecule has 0 unspecified atom stereocenters. The van der Waals surface area contributed by atoms with Gasteiger partial charge in [-0.3, -0.25) is 19.8 Å². The zero-order valence-corrected chi connectivity index (χ0v) is 18.3. The van der Waals surface area contributed by atoms with Crippen LogP contribution in [0.3, 0.4) is 0 Å². The second kappa shape index (κ2) is 8.32. The van der Waals surface area contributed by atoms with Crippen LogP contribution in [0.25, 0.3) is 17.4 Å². The Morgan fingerprint density at radius 1 is 1.03 bits per heavy atom. The number of furan rings is 1. The molecule has 2 heterocycles. The molecular formula is C24H17F3N2O3S. The molecule has 1 aromatic heterocycles. The molecule has 1 aliphatic rings. The molecule has 5 nitrogen and oxygen atoms in total. The fraction of sp³-hybridized carbons (Fsp3) is 0.125. The van der Waals surface area contributed by atoms with Crippen LogP contribution in [0.5, 0.6) is 0 Å². The average molecular weight is 470 g/mol. The van der Waals surface area contributed by atoms with E-state index in [-0.39, 0.29) is 27.8 Å². The number of amides is 2. The summed E-state index contributed by atoms with van der Waals surface area (Å²) in [5.41, 5.74) is 1.43. The van der Waals surface area contributed by atoms with Crippen LogP contribution in [0.4, 0.5) is 18.9 Å². The Bertz CT molecular complexity index is 1320. The fourth-order valence-electron chi connectivity index (χ4n) is 3.41. The molecule has 2 aromatic carbocycles. The zero-order chi connectivity index (χ0) is 23.9. The molecule has 0 radical (unpaired) electrons. The maximum absolute atomic E-state index is 13.2. The number of carbonyl (C=O) groups is 2. The summed E-state index contributed by atoms with van der Waals surface area (Å²) < 4.78 is 44.6. The minimum atomic E-state index is -4.49. The molecule has 0 spiro atoms. The van der Waals surface area contributed by atoms with E-state index in [0.717, 1.165) is 23.3 Å². The standard InChI is InChI=1S/C24H17F3N2O3S/c1-13-6-7-14(2)19(10-13)29-22(31)18(21(30)28-23(29)33)12-17-8-9-20(32-17)15-4-3-5-16(11-15)24(25,26)27/h3-12H,1-2H3,(H,28,30,33)/b18-12+. The lowest BCUT2D eigenvalue weighted by atomic mass is 10.1. The predicted octanol–water partition coefficient (Wildman–Crippen LogP) is 5.41. The maximum atomic E-state index is 13.2. The molecular weight excluding hydrogens is 453 g/mol. The number of rotatable bonds is 3. The summed E-state index contributed by atoms with van der Waals surface area (Å²) in [6, 6.07) is 13.1. The van der Waals surface area contributed by atoms with Gasteiger partial charge in [-0.25, -0.2) is 0 Å². The van der Waals surface area contributed by atoms with Gasteiger partial charge < -0.3 is 4.42 Å². The van der Waals surface area contributed by atoms with Gasteiger partial charge in [-0.15, -0.1) is 0 Å². The Kier molecular flexibility index (Phi) is 5.67. The number of thiocarbonyl (C=S) groups is 1. The van der Waals surface area contributed by atoms with E-state index in [1.54, 1.807) is 6.07 Å². The van der Waals surface area contributed by atoms with Crippen molar-refractivity contribution in [1.82, 2.24) is 5.32 Å². The van der Waals surface area contributed by atoms with E-state index in [9.17, 15) is 22.8 Å². The quantitative estimate of drug-likeness (QED) is 0.316.